The summed E-state index contributed by atoms with van der Waals surface area (Å²) < 4.78 is 6.28. The number of ether oxygens (including phenoxy) is 1. The summed E-state index contributed by atoms with van der Waals surface area (Å²) in [6.07, 6.45) is 0. The minimum atomic E-state index is -1.44. The van der Waals surface area contributed by atoms with Gasteiger partial charge in [-0.05, 0) is 26.8 Å². The van der Waals surface area contributed by atoms with Crippen LogP contribution in [-0.4, -0.2) is 37.1 Å². The van der Waals surface area contributed by atoms with Crippen molar-refractivity contribution in [1.82, 2.24) is 19.6 Å². The molecule has 0 saturated heterocycles. The maximum Gasteiger partial charge on any atom is 0.379 e. The molecule has 0 aromatic carbocycles. The van der Waals surface area contributed by atoms with E-state index in [1.54, 1.807) is 13.0 Å². The normalized spacial score (nSPS) is 11.6. The molecule has 0 radical (unpaired) electrons. The van der Waals surface area contributed by atoms with E-state index in [4.69, 9.17) is 10.5 Å². The number of nitrogens with zero attached hydrogens (tertiary/aromatic N) is 4. The van der Waals surface area contributed by atoms with Crippen molar-refractivity contribution in [2.75, 3.05) is 0 Å². The zero-order chi connectivity index (χ0) is 15.1. The van der Waals surface area contributed by atoms with Gasteiger partial charge in [0, 0.05) is 5.69 Å². The molecule has 106 valence electrons. The third kappa shape index (κ3) is 2.57. The summed E-state index contributed by atoms with van der Waals surface area (Å²) in [6, 6.07) is 1.67. The Bertz CT molecular complexity index is 709. The summed E-state index contributed by atoms with van der Waals surface area (Å²) in [6.45, 7) is 4.54. The van der Waals surface area contributed by atoms with Crippen molar-refractivity contribution >= 4 is 30.3 Å². The SMILES string of the molecule is Cc1cc(S)n2nc(C(=O)OC(C)(C)C(N)=O)nc2n1. The predicted octanol–water partition coefficient (Wildman–Crippen LogP) is 0.142. The van der Waals surface area contributed by atoms with E-state index in [-0.39, 0.29) is 11.6 Å². The number of rotatable bonds is 3. The molecule has 0 atom stereocenters. The summed E-state index contributed by atoms with van der Waals surface area (Å²) in [5.41, 5.74) is 4.37. The van der Waals surface area contributed by atoms with Crippen LogP contribution in [0, 0.1) is 6.92 Å². The minimum Gasteiger partial charge on any atom is -0.444 e. The molecule has 8 nitrogen and oxygen atoms in total. The molecule has 2 aromatic rings. The van der Waals surface area contributed by atoms with Crippen LogP contribution in [-0.2, 0) is 9.53 Å². The number of aromatic nitrogens is 4. The van der Waals surface area contributed by atoms with Crippen LogP contribution in [0.1, 0.15) is 30.2 Å². The van der Waals surface area contributed by atoms with Gasteiger partial charge in [0.25, 0.3) is 17.5 Å². The molecule has 2 heterocycles. The van der Waals surface area contributed by atoms with Crippen LogP contribution < -0.4 is 5.73 Å². The molecule has 20 heavy (non-hydrogen) atoms. The predicted molar refractivity (Wildman–Crippen MR) is 71.5 cm³/mol. The van der Waals surface area contributed by atoms with Crippen molar-refractivity contribution in [2.24, 2.45) is 5.73 Å². The highest BCUT2D eigenvalue weighted by molar-refractivity contribution is 7.80. The number of hydrogen-bond acceptors (Lipinski definition) is 7. The zero-order valence-corrected chi connectivity index (χ0v) is 12.0. The zero-order valence-electron chi connectivity index (χ0n) is 11.1. The van der Waals surface area contributed by atoms with E-state index in [9.17, 15) is 9.59 Å². The summed E-state index contributed by atoms with van der Waals surface area (Å²) in [7, 11) is 0. The van der Waals surface area contributed by atoms with Crippen molar-refractivity contribution in [3.05, 3.63) is 17.6 Å². The van der Waals surface area contributed by atoms with Crippen LogP contribution in [0.15, 0.2) is 11.1 Å². The first-order chi connectivity index (χ1) is 9.20. The molecule has 0 saturated carbocycles. The monoisotopic (exact) mass is 295 g/mol. The van der Waals surface area contributed by atoms with Gasteiger partial charge in [-0.15, -0.1) is 17.7 Å². The second-order valence-corrected chi connectivity index (χ2v) is 5.13. The molecule has 1 amide bonds. The van der Waals surface area contributed by atoms with Gasteiger partial charge in [-0.1, -0.05) is 0 Å². The Labute approximate surface area is 119 Å². The topological polar surface area (TPSA) is 112 Å². The van der Waals surface area contributed by atoms with Crippen LogP contribution in [0.3, 0.4) is 0 Å². The van der Waals surface area contributed by atoms with E-state index in [2.05, 4.69) is 27.7 Å². The molecule has 9 heteroatoms. The largest absolute Gasteiger partial charge is 0.444 e. The number of nitrogens with two attached hydrogens (primary N) is 1. The first-order valence-corrected chi connectivity index (χ1v) is 6.12. The number of amides is 1. The van der Waals surface area contributed by atoms with E-state index in [1.165, 1.54) is 18.4 Å². The van der Waals surface area contributed by atoms with E-state index >= 15 is 0 Å². The van der Waals surface area contributed by atoms with Crippen LogP contribution in [0.25, 0.3) is 5.78 Å². The fourth-order valence-electron chi connectivity index (χ4n) is 1.38. The van der Waals surface area contributed by atoms with Gasteiger partial charge in [0.1, 0.15) is 5.03 Å². The fraction of sp³-hybridized carbons (Fsp3) is 0.364. The van der Waals surface area contributed by atoms with Gasteiger partial charge in [0.2, 0.25) is 0 Å². The molecule has 0 bridgehead atoms. The molecular formula is C11H13N5O3S. The number of carbonyl (C=O) groups excluding carboxylic acids is 2. The number of primary amides is 1. The Hall–Kier alpha value is -2.16. The van der Waals surface area contributed by atoms with Gasteiger partial charge in [-0.25, -0.2) is 9.78 Å². The molecule has 0 aliphatic carbocycles. The number of fused-ring (bicyclic) bond motifs is 1. The van der Waals surface area contributed by atoms with Gasteiger partial charge in [-0.2, -0.15) is 9.50 Å². The Morgan fingerprint density at radius 1 is 1.40 bits per heavy atom. The van der Waals surface area contributed by atoms with Crippen molar-refractivity contribution in [3.63, 3.8) is 0 Å². The van der Waals surface area contributed by atoms with Gasteiger partial charge in [-0.3, -0.25) is 4.79 Å². The quantitative estimate of drug-likeness (QED) is 0.473. The lowest BCUT2D eigenvalue weighted by Crippen LogP contribution is -2.42. The molecule has 0 spiro atoms. The lowest BCUT2D eigenvalue weighted by molar-refractivity contribution is -0.134. The molecular weight excluding hydrogens is 282 g/mol. The number of esters is 1. The highest BCUT2D eigenvalue weighted by Crippen LogP contribution is 2.13. The second-order valence-electron chi connectivity index (χ2n) is 4.67. The van der Waals surface area contributed by atoms with Crippen molar-refractivity contribution in [3.8, 4) is 0 Å². The van der Waals surface area contributed by atoms with Gasteiger partial charge < -0.3 is 10.5 Å². The number of carbonyl (C=O) groups is 2. The van der Waals surface area contributed by atoms with E-state index < -0.39 is 17.5 Å². The number of hydrogen-bond donors (Lipinski definition) is 2. The average Bonchev–Trinajstić information content (AvgIpc) is 2.72. The Balaban J connectivity index is 2.37. The Morgan fingerprint density at radius 3 is 2.65 bits per heavy atom. The summed E-state index contributed by atoms with van der Waals surface area (Å²) >= 11 is 4.22. The molecule has 2 N–H and O–H groups in total. The standard InChI is InChI=1S/C11H13N5O3S/c1-5-4-6(20)16-10(13-5)14-7(15-16)8(17)19-11(2,3)9(12)18/h4,20H,1-3H3,(H2,12,18). The maximum atomic E-state index is 11.9. The molecule has 0 aliphatic heterocycles. The van der Waals surface area contributed by atoms with Gasteiger partial charge in [0.15, 0.2) is 5.60 Å². The Morgan fingerprint density at radius 2 is 2.05 bits per heavy atom. The van der Waals surface area contributed by atoms with Crippen molar-refractivity contribution in [1.29, 1.82) is 0 Å². The van der Waals surface area contributed by atoms with Crippen LogP contribution >= 0.6 is 12.6 Å². The fourth-order valence-corrected chi connectivity index (χ4v) is 1.70. The number of aryl methyl sites for hydroxylation is 1. The number of thiol groups is 1. The molecule has 0 fully saturated rings. The van der Waals surface area contributed by atoms with Gasteiger partial charge >= 0.3 is 5.97 Å². The smallest absolute Gasteiger partial charge is 0.379 e. The van der Waals surface area contributed by atoms with E-state index in [0.29, 0.717) is 10.7 Å². The molecule has 2 rings (SSSR count). The van der Waals surface area contributed by atoms with Crippen LogP contribution in [0.2, 0.25) is 0 Å². The summed E-state index contributed by atoms with van der Waals surface area (Å²) in [4.78, 5) is 31.1. The minimum absolute atomic E-state index is 0.215. The van der Waals surface area contributed by atoms with Crippen molar-refractivity contribution in [2.45, 2.75) is 31.4 Å². The highest BCUT2D eigenvalue weighted by atomic mass is 32.1. The average molecular weight is 295 g/mol. The van der Waals surface area contributed by atoms with Crippen molar-refractivity contribution < 1.29 is 14.3 Å². The highest BCUT2D eigenvalue weighted by Gasteiger charge is 2.31. The van der Waals surface area contributed by atoms with E-state index in [1.807, 2.05) is 0 Å². The van der Waals surface area contributed by atoms with Crippen LogP contribution in [0.4, 0.5) is 0 Å². The van der Waals surface area contributed by atoms with Gasteiger partial charge in [0.05, 0.1) is 0 Å². The third-order valence-electron chi connectivity index (χ3n) is 2.55. The lowest BCUT2D eigenvalue weighted by Gasteiger charge is -2.19. The first kappa shape index (κ1) is 14.3. The lowest BCUT2D eigenvalue weighted by atomic mass is 10.1. The molecule has 2 aromatic heterocycles. The van der Waals surface area contributed by atoms with E-state index in [0.717, 1.165) is 0 Å². The third-order valence-corrected chi connectivity index (χ3v) is 2.86. The molecule has 0 aliphatic rings. The summed E-state index contributed by atoms with van der Waals surface area (Å²) in [5, 5.41) is 4.42. The van der Waals surface area contributed by atoms with Crippen LogP contribution in [0.5, 0.6) is 0 Å². The summed E-state index contributed by atoms with van der Waals surface area (Å²) in [5.74, 6) is -1.62. The second kappa shape index (κ2) is 4.75. The first-order valence-electron chi connectivity index (χ1n) is 5.67. The maximum absolute atomic E-state index is 11.9. The Kier molecular flexibility index (Phi) is 3.38. The molecule has 0 unspecified atom stereocenters.